The van der Waals surface area contributed by atoms with Crippen molar-refractivity contribution < 1.29 is 8.42 Å². The lowest BCUT2D eigenvalue weighted by Gasteiger charge is -2.15. The fourth-order valence-corrected chi connectivity index (χ4v) is 4.26. The number of benzene rings is 2. The molecule has 0 atom stereocenters. The summed E-state index contributed by atoms with van der Waals surface area (Å²) in [5.74, 6) is 0. The molecule has 0 saturated heterocycles. The molecule has 0 amide bonds. The van der Waals surface area contributed by atoms with Crippen molar-refractivity contribution in [2.45, 2.75) is 25.2 Å². The van der Waals surface area contributed by atoms with Gasteiger partial charge in [-0.25, -0.2) is 8.42 Å². The van der Waals surface area contributed by atoms with Crippen molar-refractivity contribution in [3.8, 4) is 0 Å². The zero-order chi connectivity index (χ0) is 15.6. The lowest BCUT2D eigenvalue weighted by atomic mass is 10.1. The van der Waals surface area contributed by atoms with Crippen LogP contribution in [0.2, 0.25) is 0 Å². The Hall–Kier alpha value is -1.53. The minimum absolute atomic E-state index is 0.132. The number of nitrogens with one attached hydrogen (secondary N) is 1. The van der Waals surface area contributed by atoms with Gasteiger partial charge in [-0.1, -0.05) is 25.1 Å². The van der Waals surface area contributed by atoms with E-state index in [0.29, 0.717) is 15.8 Å². The molecule has 0 heterocycles. The molecule has 0 bridgehead atoms. The Balaban J connectivity index is 2.50. The molecular formula is C15H17BrN2O2S. The Kier molecular flexibility index (Phi) is 4.58. The molecule has 2 aromatic rings. The Labute approximate surface area is 133 Å². The van der Waals surface area contributed by atoms with Gasteiger partial charge in [-0.2, -0.15) is 0 Å². The van der Waals surface area contributed by atoms with E-state index < -0.39 is 10.0 Å². The summed E-state index contributed by atoms with van der Waals surface area (Å²) in [6.45, 7) is 3.87. The van der Waals surface area contributed by atoms with Gasteiger partial charge in [-0.05, 0) is 58.6 Å². The van der Waals surface area contributed by atoms with Crippen molar-refractivity contribution in [1.29, 1.82) is 0 Å². The SMILES string of the molecule is CCc1cccc(C)c1NS(=O)(=O)c1cc(N)ccc1Br. The van der Waals surface area contributed by atoms with E-state index in [2.05, 4.69) is 20.7 Å². The van der Waals surface area contributed by atoms with Crippen LogP contribution in [0.3, 0.4) is 0 Å². The Morgan fingerprint density at radius 1 is 1.24 bits per heavy atom. The first-order valence-electron chi connectivity index (χ1n) is 6.51. The lowest BCUT2D eigenvalue weighted by Crippen LogP contribution is -2.16. The molecule has 21 heavy (non-hydrogen) atoms. The van der Waals surface area contributed by atoms with E-state index in [9.17, 15) is 8.42 Å². The molecule has 0 saturated carbocycles. The highest BCUT2D eigenvalue weighted by molar-refractivity contribution is 9.10. The molecule has 2 rings (SSSR count). The van der Waals surface area contributed by atoms with Gasteiger partial charge in [-0.15, -0.1) is 0 Å². The first-order chi connectivity index (χ1) is 9.85. The summed E-state index contributed by atoms with van der Waals surface area (Å²) in [5.41, 5.74) is 8.57. The molecule has 0 aliphatic rings. The van der Waals surface area contributed by atoms with E-state index in [1.165, 1.54) is 6.07 Å². The monoisotopic (exact) mass is 368 g/mol. The molecule has 0 radical (unpaired) electrons. The van der Waals surface area contributed by atoms with Crippen LogP contribution in [0.5, 0.6) is 0 Å². The van der Waals surface area contributed by atoms with Crippen molar-refractivity contribution in [3.05, 3.63) is 52.0 Å². The third kappa shape index (κ3) is 3.39. The molecule has 0 unspecified atom stereocenters. The second-order valence-corrected chi connectivity index (χ2v) is 7.26. The van der Waals surface area contributed by atoms with Crippen LogP contribution in [0.15, 0.2) is 45.8 Å². The summed E-state index contributed by atoms with van der Waals surface area (Å²) >= 11 is 3.26. The summed E-state index contributed by atoms with van der Waals surface area (Å²) in [4.78, 5) is 0.132. The smallest absolute Gasteiger partial charge is 0.263 e. The van der Waals surface area contributed by atoms with Crippen molar-refractivity contribution in [2.24, 2.45) is 0 Å². The third-order valence-corrected chi connectivity index (χ3v) is 5.56. The average Bonchev–Trinajstić information content (AvgIpc) is 2.43. The Morgan fingerprint density at radius 2 is 1.95 bits per heavy atom. The third-order valence-electron chi connectivity index (χ3n) is 3.22. The number of anilines is 2. The molecule has 2 aromatic carbocycles. The number of rotatable bonds is 4. The Bertz CT molecular complexity index is 773. The van der Waals surface area contributed by atoms with Gasteiger partial charge < -0.3 is 5.73 Å². The highest BCUT2D eigenvalue weighted by atomic mass is 79.9. The summed E-state index contributed by atoms with van der Waals surface area (Å²) in [6.07, 6.45) is 0.748. The maximum absolute atomic E-state index is 12.6. The zero-order valence-electron chi connectivity index (χ0n) is 11.9. The van der Waals surface area contributed by atoms with Crippen molar-refractivity contribution >= 4 is 37.3 Å². The summed E-state index contributed by atoms with van der Waals surface area (Å²) < 4.78 is 28.4. The number of sulfonamides is 1. The highest BCUT2D eigenvalue weighted by Crippen LogP contribution is 2.29. The first kappa shape index (κ1) is 15.9. The molecule has 0 aliphatic heterocycles. The number of aryl methyl sites for hydroxylation is 2. The van der Waals surface area contributed by atoms with Gasteiger partial charge in [0, 0.05) is 10.2 Å². The van der Waals surface area contributed by atoms with Crippen molar-refractivity contribution in [1.82, 2.24) is 0 Å². The fraction of sp³-hybridized carbons (Fsp3) is 0.200. The van der Waals surface area contributed by atoms with E-state index in [-0.39, 0.29) is 4.90 Å². The topological polar surface area (TPSA) is 72.2 Å². The second-order valence-electron chi connectivity index (χ2n) is 4.76. The van der Waals surface area contributed by atoms with Gasteiger partial charge in [0.2, 0.25) is 0 Å². The number of hydrogen-bond acceptors (Lipinski definition) is 3. The van der Waals surface area contributed by atoms with Gasteiger partial charge >= 0.3 is 0 Å². The number of halogens is 1. The lowest BCUT2D eigenvalue weighted by molar-refractivity contribution is 0.600. The van der Waals surface area contributed by atoms with Crippen LogP contribution in [-0.4, -0.2) is 8.42 Å². The quantitative estimate of drug-likeness (QED) is 0.808. The molecule has 0 aliphatic carbocycles. The first-order valence-corrected chi connectivity index (χ1v) is 8.79. The van der Waals surface area contributed by atoms with Gasteiger partial charge in [-0.3, -0.25) is 4.72 Å². The molecule has 6 heteroatoms. The number of para-hydroxylation sites is 1. The van der Waals surface area contributed by atoms with Crippen molar-refractivity contribution in [3.63, 3.8) is 0 Å². The normalized spacial score (nSPS) is 11.4. The summed E-state index contributed by atoms with van der Waals surface area (Å²) in [7, 11) is -3.70. The summed E-state index contributed by atoms with van der Waals surface area (Å²) in [6, 6.07) is 10.4. The minimum atomic E-state index is -3.70. The minimum Gasteiger partial charge on any atom is -0.399 e. The summed E-state index contributed by atoms with van der Waals surface area (Å²) in [5, 5.41) is 0. The van der Waals surface area contributed by atoms with Gasteiger partial charge in [0.05, 0.1) is 5.69 Å². The van der Waals surface area contributed by atoms with E-state index in [1.807, 2.05) is 32.0 Å². The molecule has 0 aromatic heterocycles. The molecular weight excluding hydrogens is 352 g/mol. The molecule has 0 spiro atoms. The predicted octanol–water partition coefficient (Wildman–Crippen LogP) is 3.70. The Morgan fingerprint density at radius 3 is 2.62 bits per heavy atom. The zero-order valence-corrected chi connectivity index (χ0v) is 14.3. The largest absolute Gasteiger partial charge is 0.399 e. The van der Waals surface area contributed by atoms with Crippen LogP contribution in [0.4, 0.5) is 11.4 Å². The van der Waals surface area contributed by atoms with E-state index in [0.717, 1.165) is 17.5 Å². The molecule has 0 fully saturated rings. The molecule has 3 N–H and O–H groups in total. The van der Waals surface area contributed by atoms with Crippen LogP contribution in [0.25, 0.3) is 0 Å². The second kappa shape index (κ2) is 6.07. The highest BCUT2D eigenvalue weighted by Gasteiger charge is 2.20. The van der Waals surface area contributed by atoms with Crippen LogP contribution in [-0.2, 0) is 16.4 Å². The number of nitrogen functional groups attached to an aromatic ring is 1. The van der Waals surface area contributed by atoms with Crippen LogP contribution < -0.4 is 10.5 Å². The predicted molar refractivity (Wildman–Crippen MR) is 89.9 cm³/mol. The van der Waals surface area contributed by atoms with E-state index >= 15 is 0 Å². The van der Waals surface area contributed by atoms with E-state index in [1.54, 1.807) is 12.1 Å². The number of nitrogens with two attached hydrogens (primary N) is 1. The van der Waals surface area contributed by atoms with Crippen molar-refractivity contribution in [2.75, 3.05) is 10.5 Å². The van der Waals surface area contributed by atoms with Crippen LogP contribution in [0, 0.1) is 6.92 Å². The van der Waals surface area contributed by atoms with Gasteiger partial charge in [0.25, 0.3) is 10.0 Å². The standard InChI is InChI=1S/C15H17BrN2O2S/c1-3-11-6-4-5-10(2)15(11)18-21(19,20)14-9-12(17)7-8-13(14)16/h4-9,18H,3,17H2,1-2H3. The maximum atomic E-state index is 12.6. The number of hydrogen-bond donors (Lipinski definition) is 2. The fourth-order valence-electron chi connectivity index (χ4n) is 2.08. The van der Waals surface area contributed by atoms with Crippen LogP contribution >= 0.6 is 15.9 Å². The molecule has 4 nitrogen and oxygen atoms in total. The maximum Gasteiger partial charge on any atom is 0.263 e. The average molecular weight is 369 g/mol. The van der Waals surface area contributed by atoms with Gasteiger partial charge in [0.1, 0.15) is 4.90 Å². The van der Waals surface area contributed by atoms with Gasteiger partial charge in [0.15, 0.2) is 0 Å². The van der Waals surface area contributed by atoms with Crippen LogP contribution in [0.1, 0.15) is 18.1 Å². The molecule has 112 valence electrons. The van der Waals surface area contributed by atoms with E-state index in [4.69, 9.17) is 5.73 Å².